The van der Waals surface area contributed by atoms with Gasteiger partial charge in [0, 0.05) is 16.5 Å². The second-order valence-corrected chi connectivity index (χ2v) is 5.46. The van der Waals surface area contributed by atoms with Gasteiger partial charge in [-0.25, -0.2) is 9.59 Å². The van der Waals surface area contributed by atoms with Crippen LogP contribution in [0.4, 0.5) is 0 Å². The van der Waals surface area contributed by atoms with Crippen molar-refractivity contribution in [1.29, 1.82) is 0 Å². The second-order valence-electron chi connectivity index (χ2n) is 5.08. The van der Waals surface area contributed by atoms with Crippen molar-refractivity contribution >= 4 is 34.3 Å². The third-order valence-corrected chi connectivity index (χ3v) is 3.36. The Bertz CT molecular complexity index is 836. The summed E-state index contributed by atoms with van der Waals surface area (Å²) < 4.78 is 10.5. The van der Waals surface area contributed by atoms with E-state index in [2.05, 4.69) is 13.2 Å². The number of hydrogen-bond acceptors (Lipinski definition) is 4. The van der Waals surface area contributed by atoms with Gasteiger partial charge >= 0.3 is 11.9 Å². The molecule has 4 nitrogen and oxygen atoms in total. The van der Waals surface area contributed by atoms with Crippen molar-refractivity contribution in [3.63, 3.8) is 0 Å². The van der Waals surface area contributed by atoms with Crippen LogP contribution < -0.4 is 9.47 Å². The molecule has 2 aromatic carbocycles. The van der Waals surface area contributed by atoms with Crippen molar-refractivity contribution in [2.75, 3.05) is 0 Å². The number of benzene rings is 2. The third kappa shape index (κ3) is 3.60. The minimum absolute atomic E-state index is 0.0351. The van der Waals surface area contributed by atoms with Crippen molar-refractivity contribution in [3.8, 4) is 11.5 Å². The number of ether oxygens (including phenoxy) is 2. The molecule has 0 spiro atoms. The smallest absolute Gasteiger partial charge is 0.338 e. The van der Waals surface area contributed by atoms with E-state index >= 15 is 0 Å². The highest BCUT2D eigenvalue weighted by Gasteiger charge is 2.19. The number of carbonyl (C=O) groups is 2. The van der Waals surface area contributed by atoms with Gasteiger partial charge in [0.2, 0.25) is 0 Å². The largest absolute Gasteiger partial charge is 0.421 e. The third-order valence-electron chi connectivity index (χ3n) is 3.00. The lowest BCUT2D eigenvalue weighted by Gasteiger charge is -2.13. The van der Waals surface area contributed by atoms with Gasteiger partial charge < -0.3 is 9.47 Å². The molecule has 0 aliphatic rings. The summed E-state index contributed by atoms with van der Waals surface area (Å²) in [6.45, 7) is 10.1. The first-order valence-corrected chi connectivity index (χ1v) is 7.15. The Hall–Kier alpha value is -2.59. The van der Waals surface area contributed by atoms with Gasteiger partial charge in [0.25, 0.3) is 0 Å². The number of halogens is 1. The zero-order valence-corrected chi connectivity index (χ0v) is 13.6. The molecule has 0 aromatic heterocycles. The summed E-state index contributed by atoms with van der Waals surface area (Å²) in [6.07, 6.45) is 0. The first-order valence-electron chi connectivity index (χ1n) is 6.78. The topological polar surface area (TPSA) is 52.6 Å². The average Bonchev–Trinajstić information content (AvgIpc) is 2.50. The van der Waals surface area contributed by atoms with Crippen molar-refractivity contribution in [1.82, 2.24) is 0 Å². The Kier molecular flexibility index (Phi) is 4.86. The summed E-state index contributed by atoms with van der Waals surface area (Å²) in [4.78, 5) is 23.6. The molecule has 0 amide bonds. The Balaban J connectivity index is 2.60. The lowest BCUT2D eigenvalue weighted by Crippen LogP contribution is -2.11. The highest BCUT2D eigenvalue weighted by atomic mass is 35.5. The van der Waals surface area contributed by atoms with Crippen molar-refractivity contribution in [2.45, 2.75) is 13.8 Å². The molecule has 2 aromatic rings. The summed E-state index contributed by atoms with van der Waals surface area (Å²) in [5, 5.41) is 1.38. The second kappa shape index (κ2) is 6.67. The Morgan fingerprint density at radius 2 is 1.57 bits per heavy atom. The zero-order valence-electron chi connectivity index (χ0n) is 12.8. The fourth-order valence-electron chi connectivity index (χ4n) is 1.81. The van der Waals surface area contributed by atoms with Crippen LogP contribution in [0, 0.1) is 0 Å². The first-order chi connectivity index (χ1) is 10.8. The van der Waals surface area contributed by atoms with Gasteiger partial charge in [-0.05, 0) is 25.3 Å². The van der Waals surface area contributed by atoms with E-state index in [-0.39, 0.29) is 27.7 Å². The predicted octanol–water partition coefficient (Wildman–Crippen LogP) is 4.46. The number of carbonyl (C=O) groups excluding carboxylic acids is 2. The highest BCUT2D eigenvalue weighted by Crippen LogP contribution is 2.41. The van der Waals surface area contributed by atoms with Crippen LogP contribution in [0.5, 0.6) is 11.5 Å². The standard InChI is InChI=1S/C18H15ClO4/c1-10(2)17(20)22-14-9-12-7-5-6-8-13(12)16(15(14)19)23-18(21)11(3)4/h5-9H,1,3H2,2,4H3. The number of fused-ring (bicyclic) bond motifs is 1. The van der Waals surface area contributed by atoms with E-state index in [0.717, 1.165) is 0 Å². The molecule has 0 atom stereocenters. The lowest BCUT2D eigenvalue weighted by atomic mass is 10.1. The van der Waals surface area contributed by atoms with E-state index in [4.69, 9.17) is 21.1 Å². The fraction of sp³-hybridized carbons (Fsp3) is 0.111. The fourth-order valence-corrected chi connectivity index (χ4v) is 2.04. The van der Waals surface area contributed by atoms with Crippen LogP contribution in [0.1, 0.15) is 13.8 Å². The first kappa shape index (κ1) is 16.8. The molecule has 118 valence electrons. The van der Waals surface area contributed by atoms with Crippen molar-refractivity contribution in [3.05, 3.63) is 59.7 Å². The number of hydrogen-bond donors (Lipinski definition) is 0. The lowest BCUT2D eigenvalue weighted by molar-refractivity contribution is -0.130. The zero-order chi connectivity index (χ0) is 17.1. The average molecular weight is 331 g/mol. The summed E-state index contributed by atoms with van der Waals surface area (Å²) in [7, 11) is 0. The Labute approximate surface area is 139 Å². The monoisotopic (exact) mass is 330 g/mol. The minimum atomic E-state index is -0.612. The molecule has 0 saturated heterocycles. The maximum Gasteiger partial charge on any atom is 0.338 e. The SMILES string of the molecule is C=C(C)C(=O)Oc1cc2ccccc2c(OC(=O)C(=C)C)c1Cl. The Morgan fingerprint density at radius 3 is 2.17 bits per heavy atom. The maximum absolute atomic E-state index is 11.8. The van der Waals surface area contributed by atoms with Gasteiger partial charge in [0.1, 0.15) is 5.02 Å². The summed E-state index contributed by atoms with van der Waals surface area (Å²) in [6, 6.07) is 8.76. The van der Waals surface area contributed by atoms with Crippen LogP contribution in [0.25, 0.3) is 10.8 Å². The minimum Gasteiger partial charge on any atom is -0.421 e. The molecule has 0 bridgehead atoms. The van der Waals surface area contributed by atoms with Gasteiger partial charge in [-0.3, -0.25) is 0 Å². The van der Waals surface area contributed by atoms with Gasteiger partial charge in [-0.1, -0.05) is 49.0 Å². The maximum atomic E-state index is 11.8. The van der Waals surface area contributed by atoms with E-state index in [1.165, 1.54) is 13.8 Å². The number of rotatable bonds is 4. The van der Waals surface area contributed by atoms with E-state index < -0.39 is 11.9 Å². The van der Waals surface area contributed by atoms with Crippen molar-refractivity contribution in [2.24, 2.45) is 0 Å². The molecule has 0 unspecified atom stereocenters. The van der Waals surface area contributed by atoms with E-state index in [0.29, 0.717) is 10.8 Å². The Morgan fingerprint density at radius 1 is 1.00 bits per heavy atom. The summed E-state index contributed by atoms with van der Waals surface area (Å²) >= 11 is 6.27. The van der Waals surface area contributed by atoms with Crippen LogP contribution in [-0.2, 0) is 9.59 Å². The van der Waals surface area contributed by atoms with Crippen LogP contribution >= 0.6 is 11.6 Å². The molecular formula is C18H15ClO4. The van der Waals surface area contributed by atoms with Gasteiger partial charge in [0.05, 0.1) is 0 Å². The normalized spacial score (nSPS) is 10.2. The van der Waals surface area contributed by atoms with Gasteiger partial charge in [-0.15, -0.1) is 0 Å². The molecule has 0 radical (unpaired) electrons. The van der Waals surface area contributed by atoms with E-state index in [9.17, 15) is 9.59 Å². The van der Waals surface area contributed by atoms with Crippen LogP contribution in [0.15, 0.2) is 54.6 Å². The molecule has 0 aliphatic carbocycles. The molecule has 0 N–H and O–H groups in total. The van der Waals surface area contributed by atoms with Crippen LogP contribution in [-0.4, -0.2) is 11.9 Å². The molecule has 5 heteroatoms. The molecule has 2 rings (SSSR count). The summed E-state index contributed by atoms with van der Waals surface area (Å²) in [5.74, 6) is -0.995. The van der Waals surface area contributed by atoms with Crippen LogP contribution in [0.3, 0.4) is 0 Å². The molecule has 0 saturated carbocycles. The van der Waals surface area contributed by atoms with Gasteiger partial charge in [-0.2, -0.15) is 0 Å². The van der Waals surface area contributed by atoms with E-state index in [1.807, 2.05) is 6.07 Å². The quantitative estimate of drug-likeness (QED) is 0.472. The van der Waals surface area contributed by atoms with Crippen molar-refractivity contribution < 1.29 is 19.1 Å². The molecule has 0 aliphatic heterocycles. The van der Waals surface area contributed by atoms with E-state index in [1.54, 1.807) is 24.3 Å². The number of esters is 2. The molecule has 23 heavy (non-hydrogen) atoms. The van der Waals surface area contributed by atoms with Gasteiger partial charge in [0.15, 0.2) is 11.5 Å². The van der Waals surface area contributed by atoms with Crippen LogP contribution in [0.2, 0.25) is 5.02 Å². The molecular weight excluding hydrogens is 316 g/mol. The molecule has 0 heterocycles. The summed E-state index contributed by atoms with van der Waals surface area (Å²) in [5.41, 5.74) is 0.462. The molecule has 0 fully saturated rings. The highest BCUT2D eigenvalue weighted by molar-refractivity contribution is 6.35. The predicted molar refractivity (Wildman–Crippen MR) is 89.9 cm³/mol.